The van der Waals surface area contributed by atoms with Crippen molar-refractivity contribution in [3.05, 3.63) is 49.9 Å². The highest BCUT2D eigenvalue weighted by atomic mass is 79.9. The smallest absolute Gasteiger partial charge is 0 e. The third kappa shape index (κ3) is 3.46. The number of benzene rings is 1. The molecule has 0 aliphatic carbocycles. The average molecular weight is 197 g/mol. The summed E-state index contributed by atoms with van der Waals surface area (Å²) in [5.41, 5.74) is 1.17. The number of halogens is 1. The average Bonchev–Trinajstić information content (AvgIpc) is 1.90. The van der Waals surface area contributed by atoms with E-state index in [1.54, 1.807) is 0 Å². The van der Waals surface area contributed by atoms with E-state index in [4.69, 9.17) is 0 Å². The summed E-state index contributed by atoms with van der Waals surface area (Å²) in [5, 5.41) is 0. The summed E-state index contributed by atoms with van der Waals surface area (Å²) >= 11 is 0. The lowest BCUT2D eigenvalue weighted by Crippen LogP contribution is -1.63. The summed E-state index contributed by atoms with van der Waals surface area (Å²) in [6, 6.07) is 10.0. The van der Waals surface area contributed by atoms with Gasteiger partial charge in [0.25, 0.3) is 0 Å². The van der Waals surface area contributed by atoms with Crippen molar-refractivity contribution in [3.8, 4) is 0 Å². The summed E-state index contributed by atoms with van der Waals surface area (Å²) in [4.78, 5) is 0. The molecule has 52 valence electrons. The lowest BCUT2D eigenvalue weighted by atomic mass is 10.2. The first kappa shape index (κ1) is 12.1. The first-order valence-electron chi connectivity index (χ1n) is 2.61. The maximum atomic E-state index is 3.63. The fourth-order valence-electron chi connectivity index (χ4n) is 0.589. The fraction of sp³-hybridized carbons (Fsp3) is 0. The monoisotopic (exact) mass is 196 g/mol. The van der Waals surface area contributed by atoms with Gasteiger partial charge >= 0.3 is 0 Å². The quantitative estimate of drug-likeness (QED) is 0.649. The van der Waals surface area contributed by atoms with Crippen molar-refractivity contribution in [1.82, 2.24) is 0 Å². The molecule has 0 nitrogen and oxygen atoms in total. The molecule has 0 unspecified atom stereocenters. The third-order valence-electron chi connectivity index (χ3n) is 1.04. The number of rotatable bonds is 1. The van der Waals surface area contributed by atoms with Crippen molar-refractivity contribution in [2.75, 3.05) is 0 Å². The van der Waals surface area contributed by atoms with Crippen molar-refractivity contribution in [2.24, 2.45) is 0 Å². The second-order valence-corrected chi connectivity index (χ2v) is 1.61. The lowest BCUT2D eigenvalue weighted by molar-refractivity contribution is 1.67. The van der Waals surface area contributed by atoms with Gasteiger partial charge in [-0.15, -0.1) is 17.0 Å². The second kappa shape index (κ2) is 6.56. The zero-order chi connectivity index (χ0) is 5.82. The van der Waals surface area contributed by atoms with Gasteiger partial charge in [-0.2, -0.15) is 0 Å². The van der Waals surface area contributed by atoms with E-state index in [1.165, 1.54) is 5.56 Å². The summed E-state index contributed by atoms with van der Waals surface area (Å²) in [5.74, 6) is 0. The minimum atomic E-state index is 0. The highest BCUT2D eigenvalue weighted by Crippen LogP contribution is 1.97. The summed E-state index contributed by atoms with van der Waals surface area (Å²) in [6.07, 6.45) is 1.83. The van der Waals surface area contributed by atoms with Crippen LogP contribution in [0.3, 0.4) is 0 Å². The summed E-state index contributed by atoms with van der Waals surface area (Å²) < 4.78 is 0. The molecule has 0 spiro atoms. The van der Waals surface area contributed by atoms with E-state index in [1.807, 2.05) is 36.4 Å². The molecule has 4 radical (unpaired) electrons. The zero-order valence-corrected chi connectivity index (χ0v) is 7.29. The van der Waals surface area contributed by atoms with Gasteiger partial charge < -0.3 is 0 Å². The van der Waals surface area contributed by atoms with E-state index in [0.29, 0.717) is 0 Å². The molecule has 1 aromatic rings. The van der Waals surface area contributed by atoms with E-state index in [2.05, 4.69) is 6.58 Å². The van der Waals surface area contributed by atoms with E-state index in [0.717, 1.165) is 0 Å². The van der Waals surface area contributed by atoms with Crippen molar-refractivity contribution in [3.63, 3.8) is 0 Å². The van der Waals surface area contributed by atoms with Crippen LogP contribution in [0, 0.1) is 7.43 Å². The van der Waals surface area contributed by atoms with E-state index in [9.17, 15) is 0 Å². The Hall–Kier alpha value is -0.560. The van der Waals surface area contributed by atoms with Crippen LogP contribution >= 0.6 is 17.0 Å². The van der Waals surface area contributed by atoms with E-state index < -0.39 is 0 Å². The number of hydrogen-bond acceptors (Lipinski definition) is 0. The van der Waals surface area contributed by atoms with Crippen LogP contribution in [0.5, 0.6) is 0 Å². The molecule has 0 heterocycles. The van der Waals surface area contributed by atoms with Gasteiger partial charge in [-0.05, 0) is 5.56 Å². The molecule has 1 aromatic carbocycles. The number of hydrogen-bond donors (Lipinski definition) is 0. The first-order chi connectivity index (χ1) is 3.93. The molecule has 0 bridgehead atoms. The van der Waals surface area contributed by atoms with Crippen molar-refractivity contribution in [1.29, 1.82) is 0 Å². The molecule has 0 aromatic heterocycles. The normalized spacial score (nSPS) is 6.80. The van der Waals surface area contributed by atoms with E-state index >= 15 is 0 Å². The Bertz CT molecular complexity index is 167. The standard InChI is InChI=1S/C8H8.C.BrH/c1-2-8-6-4-3-5-7-8;;/h2-7H,1H2;;1H. The molecule has 1 rings (SSSR count). The molecule has 0 fully saturated rings. The molecule has 0 aliphatic rings. The molecule has 0 N–H and O–H groups in total. The molecule has 0 amide bonds. The third-order valence-corrected chi connectivity index (χ3v) is 1.04. The Morgan fingerprint density at radius 2 is 1.60 bits per heavy atom. The molecule has 1 heteroatoms. The molecule has 0 atom stereocenters. The molecule has 10 heavy (non-hydrogen) atoms. The highest BCUT2D eigenvalue weighted by Gasteiger charge is 1.75. The van der Waals surface area contributed by atoms with Gasteiger partial charge in [0.05, 0.1) is 0 Å². The van der Waals surface area contributed by atoms with Gasteiger partial charge in [0, 0.05) is 7.43 Å². The SMILES string of the molecule is Br.C=Cc1ccccc1.[C]. The Morgan fingerprint density at radius 1 is 1.10 bits per heavy atom. The minimum absolute atomic E-state index is 0. The Balaban J connectivity index is 0. The minimum Gasteiger partial charge on any atom is -0.114 e. The Morgan fingerprint density at radius 3 is 1.90 bits per heavy atom. The lowest BCUT2D eigenvalue weighted by Gasteiger charge is -1.85. The summed E-state index contributed by atoms with van der Waals surface area (Å²) in [6.45, 7) is 3.63. The van der Waals surface area contributed by atoms with Crippen LogP contribution in [0.4, 0.5) is 0 Å². The van der Waals surface area contributed by atoms with Crippen LogP contribution in [0.25, 0.3) is 6.08 Å². The van der Waals surface area contributed by atoms with Gasteiger partial charge in [0.2, 0.25) is 0 Å². The van der Waals surface area contributed by atoms with Crippen molar-refractivity contribution >= 4 is 23.1 Å². The van der Waals surface area contributed by atoms with Crippen LogP contribution in [-0.4, -0.2) is 0 Å². The highest BCUT2D eigenvalue weighted by molar-refractivity contribution is 8.93. The molecule has 0 saturated carbocycles. The molecule has 0 aliphatic heterocycles. The predicted octanol–water partition coefficient (Wildman–Crippen LogP) is 2.99. The zero-order valence-electron chi connectivity index (χ0n) is 5.58. The molecule has 0 saturated heterocycles. The Kier molecular flexibility index (Phi) is 7.97. The van der Waals surface area contributed by atoms with Crippen molar-refractivity contribution < 1.29 is 0 Å². The van der Waals surface area contributed by atoms with Crippen molar-refractivity contribution in [2.45, 2.75) is 0 Å². The van der Waals surface area contributed by atoms with Gasteiger partial charge in [0.1, 0.15) is 0 Å². The van der Waals surface area contributed by atoms with Gasteiger partial charge in [0.15, 0.2) is 0 Å². The predicted molar refractivity (Wildman–Crippen MR) is 50.1 cm³/mol. The largest absolute Gasteiger partial charge is 0.114 e. The first-order valence-corrected chi connectivity index (χ1v) is 2.61. The van der Waals surface area contributed by atoms with Crippen LogP contribution in [-0.2, 0) is 0 Å². The molecular weight excluding hydrogens is 188 g/mol. The molecular formula is C9H9Br. The van der Waals surface area contributed by atoms with Crippen LogP contribution in [0.15, 0.2) is 36.9 Å². The topological polar surface area (TPSA) is 0 Å². The second-order valence-electron chi connectivity index (χ2n) is 1.61. The van der Waals surface area contributed by atoms with Crippen LogP contribution < -0.4 is 0 Å². The van der Waals surface area contributed by atoms with E-state index in [-0.39, 0.29) is 24.4 Å². The van der Waals surface area contributed by atoms with Gasteiger partial charge in [-0.25, -0.2) is 0 Å². The van der Waals surface area contributed by atoms with Gasteiger partial charge in [-0.1, -0.05) is 43.0 Å². The van der Waals surface area contributed by atoms with Gasteiger partial charge in [-0.3, -0.25) is 0 Å². The maximum Gasteiger partial charge on any atom is 0 e. The maximum absolute atomic E-state index is 3.63. The fourth-order valence-corrected chi connectivity index (χ4v) is 0.589. The van der Waals surface area contributed by atoms with Crippen LogP contribution in [0.1, 0.15) is 5.56 Å². The van der Waals surface area contributed by atoms with Crippen LogP contribution in [0.2, 0.25) is 0 Å². The summed E-state index contributed by atoms with van der Waals surface area (Å²) in [7, 11) is 0. The Labute approximate surface area is 73.4 Å².